The van der Waals surface area contributed by atoms with E-state index in [9.17, 15) is 18.0 Å². The number of nitrogens with one attached hydrogen (secondary N) is 1. The molecule has 0 atom stereocenters. The molecule has 0 unspecified atom stereocenters. The summed E-state index contributed by atoms with van der Waals surface area (Å²) >= 11 is 0. The van der Waals surface area contributed by atoms with Crippen molar-refractivity contribution in [3.63, 3.8) is 0 Å². The number of carbonyl (C=O) groups excluding carboxylic acids is 2. The van der Waals surface area contributed by atoms with Crippen LogP contribution in [0.25, 0.3) is 5.52 Å². The van der Waals surface area contributed by atoms with E-state index in [1.165, 1.54) is 4.90 Å². The van der Waals surface area contributed by atoms with Gasteiger partial charge in [-0.25, -0.2) is 17.7 Å². The quantitative estimate of drug-likeness (QED) is 0.740. The third kappa shape index (κ3) is 3.92. The number of fused-ring (bicyclic) bond motifs is 1. The fourth-order valence-corrected chi connectivity index (χ4v) is 5.08. The molecule has 0 aromatic carbocycles. The Kier molecular flexibility index (Phi) is 5.51. The second-order valence-corrected chi connectivity index (χ2v) is 10.4. The number of aromatic nitrogens is 2. The van der Waals surface area contributed by atoms with Crippen LogP contribution in [0.5, 0.6) is 0 Å². The minimum Gasteiger partial charge on any atom is -0.296 e. The molecule has 4 heterocycles. The van der Waals surface area contributed by atoms with Gasteiger partial charge in [0.05, 0.1) is 22.7 Å². The molecule has 2 aromatic rings. The van der Waals surface area contributed by atoms with Gasteiger partial charge >= 0.3 is 6.03 Å². The summed E-state index contributed by atoms with van der Waals surface area (Å²) in [7, 11) is -3.22. The van der Waals surface area contributed by atoms with Crippen molar-refractivity contribution in [3.05, 3.63) is 30.1 Å². The highest BCUT2D eigenvalue weighted by molar-refractivity contribution is 7.89. The van der Waals surface area contributed by atoms with Gasteiger partial charge in [0.25, 0.3) is 0 Å². The van der Waals surface area contributed by atoms with Gasteiger partial charge in [0, 0.05) is 51.9 Å². The van der Waals surface area contributed by atoms with Gasteiger partial charge in [-0.1, -0.05) is 0 Å². The van der Waals surface area contributed by atoms with Gasteiger partial charge in [0.2, 0.25) is 15.9 Å². The monoisotopic (exact) mass is 434 g/mol. The third-order valence-corrected chi connectivity index (χ3v) is 7.88. The Morgan fingerprint density at radius 3 is 2.53 bits per heavy atom. The largest absolute Gasteiger partial charge is 0.328 e. The number of imide groups is 1. The molecular weight excluding hydrogens is 408 g/mol. The first-order valence-corrected chi connectivity index (χ1v) is 11.5. The maximum Gasteiger partial charge on any atom is 0.328 e. The topological polar surface area (TPSA) is 107 Å². The van der Waals surface area contributed by atoms with Crippen LogP contribution in [-0.4, -0.2) is 77.1 Å². The maximum absolute atomic E-state index is 12.3. The van der Waals surface area contributed by atoms with Crippen LogP contribution in [0.4, 0.5) is 10.5 Å². The molecule has 0 saturated carbocycles. The van der Waals surface area contributed by atoms with E-state index < -0.39 is 21.3 Å². The summed E-state index contributed by atoms with van der Waals surface area (Å²) in [6.07, 6.45) is 3.73. The number of nitrogens with zero attached hydrogens (tertiary/aromatic N) is 5. The molecule has 0 radical (unpaired) electrons. The maximum atomic E-state index is 12.3. The zero-order valence-electron chi connectivity index (χ0n) is 17.1. The number of anilines is 1. The summed E-state index contributed by atoms with van der Waals surface area (Å²) in [6.45, 7) is 6.73. The number of amides is 3. The van der Waals surface area contributed by atoms with Gasteiger partial charge in [0.1, 0.15) is 0 Å². The van der Waals surface area contributed by atoms with Crippen molar-refractivity contribution in [1.82, 2.24) is 24.1 Å². The Hall–Kier alpha value is -2.50. The van der Waals surface area contributed by atoms with Crippen LogP contribution in [0, 0.1) is 0 Å². The molecule has 2 aromatic heterocycles. The van der Waals surface area contributed by atoms with Crippen molar-refractivity contribution in [1.29, 1.82) is 0 Å². The number of piperazine rings is 1. The second-order valence-electron chi connectivity index (χ2n) is 7.92. The molecule has 2 saturated heterocycles. The first kappa shape index (κ1) is 20.8. The molecule has 2 fully saturated rings. The fraction of sp³-hybridized carbons (Fsp3) is 0.526. The average Bonchev–Trinajstić information content (AvgIpc) is 3.11. The second kappa shape index (κ2) is 7.97. The van der Waals surface area contributed by atoms with E-state index in [1.54, 1.807) is 28.9 Å². The highest BCUT2D eigenvalue weighted by Gasteiger charge is 2.30. The normalized spacial score (nSPS) is 19.6. The number of pyridine rings is 1. The van der Waals surface area contributed by atoms with Crippen molar-refractivity contribution in [2.24, 2.45) is 0 Å². The number of hydrogen-bond acceptors (Lipinski definition) is 6. The summed E-state index contributed by atoms with van der Waals surface area (Å²) in [5.41, 5.74) is 2.51. The lowest BCUT2D eigenvalue weighted by molar-refractivity contribution is -0.120. The van der Waals surface area contributed by atoms with Gasteiger partial charge in [-0.05, 0) is 31.5 Å². The fourth-order valence-electron chi connectivity index (χ4n) is 3.81. The van der Waals surface area contributed by atoms with Crippen LogP contribution in [0.2, 0.25) is 0 Å². The minimum absolute atomic E-state index is 0.256. The smallest absolute Gasteiger partial charge is 0.296 e. The van der Waals surface area contributed by atoms with E-state index in [0.717, 1.165) is 11.1 Å². The Balaban J connectivity index is 1.47. The molecule has 162 valence electrons. The molecule has 1 N–H and O–H groups in total. The Bertz CT molecular complexity index is 1070. The van der Waals surface area contributed by atoms with Crippen molar-refractivity contribution < 1.29 is 18.0 Å². The summed E-state index contributed by atoms with van der Waals surface area (Å²) in [5, 5.41) is 6.24. The van der Waals surface area contributed by atoms with E-state index in [0.29, 0.717) is 45.0 Å². The van der Waals surface area contributed by atoms with E-state index in [4.69, 9.17) is 0 Å². The molecule has 10 nitrogen and oxygen atoms in total. The summed E-state index contributed by atoms with van der Waals surface area (Å²) in [6, 6.07) is 3.53. The summed E-state index contributed by atoms with van der Waals surface area (Å²) in [4.78, 5) is 27.4. The number of hydrogen-bond donors (Lipinski definition) is 1. The van der Waals surface area contributed by atoms with Gasteiger partial charge in [-0.15, -0.1) is 0 Å². The predicted molar refractivity (Wildman–Crippen MR) is 112 cm³/mol. The lowest BCUT2D eigenvalue weighted by atomic mass is 10.2. The van der Waals surface area contributed by atoms with E-state index in [1.807, 2.05) is 18.3 Å². The van der Waals surface area contributed by atoms with E-state index in [2.05, 4.69) is 15.3 Å². The first-order chi connectivity index (χ1) is 14.3. The molecule has 0 bridgehead atoms. The molecule has 2 aliphatic rings. The molecular formula is C19H26N6O4S. The van der Waals surface area contributed by atoms with Crippen LogP contribution < -0.4 is 10.2 Å². The van der Waals surface area contributed by atoms with Crippen LogP contribution in [-0.2, 0) is 21.4 Å². The van der Waals surface area contributed by atoms with Crippen LogP contribution >= 0.6 is 0 Å². The molecule has 4 rings (SSSR count). The van der Waals surface area contributed by atoms with E-state index >= 15 is 0 Å². The van der Waals surface area contributed by atoms with Crippen molar-refractivity contribution in [3.8, 4) is 0 Å². The minimum atomic E-state index is -3.22. The summed E-state index contributed by atoms with van der Waals surface area (Å²) in [5.74, 6) is -0.271. The average molecular weight is 435 g/mol. The molecule has 0 spiro atoms. The lowest BCUT2D eigenvalue weighted by Gasteiger charge is -2.34. The Labute approximate surface area is 175 Å². The first-order valence-electron chi connectivity index (χ1n) is 10.0. The SMILES string of the molecule is CC(C)S(=O)(=O)N1CCN(Cc2ccn3ncc(N4CCC(=O)NC4=O)c3c2)CC1. The number of rotatable bonds is 5. The van der Waals surface area contributed by atoms with Gasteiger partial charge in [-0.3, -0.25) is 19.9 Å². The van der Waals surface area contributed by atoms with Crippen molar-refractivity contribution >= 4 is 33.2 Å². The lowest BCUT2D eigenvalue weighted by Crippen LogP contribution is -2.50. The highest BCUT2D eigenvalue weighted by Crippen LogP contribution is 2.25. The zero-order chi connectivity index (χ0) is 21.5. The summed E-state index contributed by atoms with van der Waals surface area (Å²) < 4.78 is 28.0. The van der Waals surface area contributed by atoms with Crippen LogP contribution in [0.1, 0.15) is 25.8 Å². The number of urea groups is 1. The Morgan fingerprint density at radius 1 is 1.13 bits per heavy atom. The molecule has 2 aliphatic heterocycles. The van der Waals surface area contributed by atoms with Crippen molar-refractivity contribution in [2.45, 2.75) is 32.1 Å². The van der Waals surface area contributed by atoms with Gasteiger partial charge in [0.15, 0.2) is 0 Å². The third-order valence-electron chi connectivity index (χ3n) is 5.60. The van der Waals surface area contributed by atoms with Crippen LogP contribution in [0.15, 0.2) is 24.5 Å². The standard InChI is InChI=1S/C19H26N6O4S/c1-14(2)30(28,29)23-9-7-22(8-10-23)13-15-3-6-25-16(11-15)17(12-20-25)24-5-4-18(26)21-19(24)27/h3,6,11-12,14H,4-5,7-10,13H2,1-2H3,(H,21,26,27). The van der Waals surface area contributed by atoms with Crippen molar-refractivity contribution in [2.75, 3.05) is 37.6 Å². The zero-order valence-corrected chi connectivity index (χ0v) is 17.9. The highest BCUT2D eigenvalue weighted by atomic mass is 32.2. The number of sulfonamides is 1. The Morgan fingerprint density at radius 2 is 1.87 bits per heavy atom. The molecule has 3 amide bonds. The molecule has 11 heteroatoms. The molecule has 0 aliphatic carbocycles. The van der Waals surface area contributed by atoms with Crippen LogP contribution in [0.3, 0.4) is 0 Å². The van der Waals surface area contributed by atoms with Gasteiger partial charge in [-0.2, -0.15) is 9.40 Å². The van der Waals surface area contributed by atoms with Gasteiger partial charge < -0.3 is 0 Å². The number of carbonyl (C=O) groups is 2. The predicted octanol–water partition coefficient (Wildman–Crippen LogP) is 0.636. The molecule has 30 heavy (non-hydrogen) atoms. The van der Waals surface area contributed by atoms with E-state index in [-0.39, 0.29) is 12.3 Å².